The molecule has 3 aliphatic heterocycles. The minimum absolute atomic E-state index is 0.0437. The Hall–Kier alpha value is -2.23. The summed E-state index contributed by atoms with van der Waals surface area (Å²) in [6.45, 7) is 19.0. The number of ether oxygens (including phenoxy) is 4. The van der Waals surface area contributed by atoms with E-state index in [2.05, 4.69) is 10.6 Å². The Morgan fingerprint density at radius 2 is 1.66 bits per heavy atom. The molecule has 14 nitrogen and oxygen atoms in total. The molecule has 0 amide bonds. The molecule has 4 rings (SSSR count). The number of rotatable bonds is 11. The number of methoxy groups -OCH3 is 1. The molecule has 18 heteroatoms. The van der Waals surface area contributed by atoms with Crippen molar-refractivity contribution in [2.24, 2.45) is 29.6 Å². The number of alkyl halides is 3. The number of hydrogen-bond acceptors (Lipinski definition) is 13. The third-order valence-electron chi connectivity index (χ3n) is 15.7. The largest absolute Gasteiger partial charge is 0.459 e. The molecule has 0 spiro atoms. The number of aliphatic hydroxyl groups excluding tert-OH is 3. The maximum Gasteiger partial charge on any atom is 0.416 e. The Morgan fingerprint density at radius 3 is 2.25 bits per heavy atom. The SMILES string of the molecule is CC[C@@H]1OC(=O)[C@H](C)[C@H](C)[C@@H](C)[C@H](C[C@@H]2C[C@@](C)(OC)[C@H](O)[C@H](C)O2)[C@@](O)(C[C@@H]2O[C@H](C)C[C@H](N(C)C)[C@@H]2O)C[C@H](C)CN(CCNC(=S)Nc2cccc(C(F)(F)F)c2)[C@H](C)[C@@H](O)[C@]1(C)O. The molecule has 3 fully saturated rings. The van der Waals surface area contributed by atoms with Crippen molar-refractivity contribution in [3.05, 3.63) is 29.8 Å². The summed E-state index contributed by atoms with van der Waals surface area (Å²) >= 11 is 5.49. The maximum absolute atomic E-state index is 14.2. The molecule has 67 heavy (non-hydrogen) atoms. The summed E-state index contributed by atoms with van der Waals surface area (Å²) in [5.74, 6) is -2.93. The van der Waals surface area contributed by atoms with Gasteiger partial charge in [0.25, 0.3) is 0 Å². The van der Waals surface area contributed by atoms with Crippen LogP contribution >= 0.6 is 12.2 Å². The van der Waals surface area contributed by atoms with Crippen LogP contribution in [0.25, 0.3) is 0 Å². The van der Waals surface area contributed by atoms with Gasteiger partial charge in [-0.3, -0.25) is 9.69 Å². The number of thiocarbonyl (C=S) groups is 1. The molecule has 0 aromatic heterocycles. The topological polar surface area (TPSA) is 186 Å². The number of cyclic esters (lactones) is 1. The predicted octanol–water partition coefficient (Wildman–Crippen LogP) is 5.60. The van der Waals surface area contributed by atoms with Crippen molar-refractivity contribution in [2.75, 3.05) is 46.2 Å². The van der Waals surface area contributed by atoms with Crippen molar-refractivity contribution >= 4 is 29.0 Å². The second kappa shape index (κ2) is 23.3. The van der Waals surface area contributed by atoms with E-state index in [0.29, 0.717) is 19.3 Å². The molecule has 386 valence electrons. The van der Waals surface area contributed by atoms with E-state index < -0.39 is 101 Å². The summed E-state index contributed by atoms with van der Waals surface area (Å²) in [6, 6.07) is 3.69. The fraction of sp³-hybridized carbons (Fsp3) is 0.837. The zero-order chi connectivity index (χ0) is 50.6. The van der Waals surface area contributed by atoms with Crippen molar-refractivity contribution in [3.8, 4) is 0 Å². The van der Waals surface area contributed by atoms with E-state index >= 15 is 0 Å². The number of carbonyl (C=O) groups is 1. The summed E-state index contributed by atoms with van der Waals surface area (Å²) in [6.07, 6.45) is -9.33. The van der Waals surface area contributed by atoms with Crippen molar-refractivity contribution in [1.29, 1.82) is 0 Å². The molecular formula is C49H83F3N4O10S. The minimum Gasteiger partial charge on any atom is -0.459 e. The van der Waals surface area contributed by atoms with Gasteiger partial charge in [-0.1, -0.05) is 40.7 Å². The number of halogens is 3. The van der Waals surface area contributed by atoms with Crippen LogP contribution in [0.5, 0.6) is 0 Å². The highest BCUT2D eigenvalue weighted by molar-refractivity contribution is 7.80. The van der Waals surface area contributed by atoms with Gasteiger partial charge in [-0.05, 0) is 128 Å². The zero-order valence-corrected chi connectivity index (χ0v) is 42.9. The normalized spacial score (nSPS) is 41.2. The average molecular weight is 977 g/mol. The molecule has 0 bridgehead atoms. The Labute approximate surface area is 402 Å². The van der Waals surface area contributed by atoms with Crippen LogP contribution in [0.2, 0.25) is 0 Å². The lowest BCUT2D eigenvalue weighted by atomic mass is 9.63. The molecule has 0 aliphatic carbocycles. The number of likely N-dealkylation sites (N-methyl/N-ethyl adjacent to an activating group) is 1. The lowest BCUT2D eigenvalue weighted by Gasteiger charge is -2.51. The number of aliphatic hydroxyl groups is 5. The summed E-state index contributed by atoms with van der Waals surface area (Å²) in [5.41, 5.74) is -5.09. The first kappa shape index (κ1) is 57.3. The lowest BCUT2D eigenvalue weighted by Crippen LogP contribution is -2.60. The van der Waals surface area contributed by atoms with Gasteiger partial charge in [0.2, 0.25) is 0 Å². The minimum atomic E-state index is -4.54. The summed E-state index contributed by atoms with van der Waals surface area (Å²) < 4.78 is 65.4. The van der Waals surface area contributed by atoms with E-state index in [0.717, 1.165) is 12.1 Å². The molecule has 7 N–H and O–H groups in total. The van der Waals surface area contributed by atoms with Crippen LogP contribution < -0.4 is 10.6 Å². The first-order valence-electron chi connectivity index (χ1n) is 24.2. The Kier molecular flexibility index (Phi) is 20.0. The quantitative estimate of drug-likeness (QED) is 0.107. The summed E-state index contributed by atoms with van der Waals surface area (Å²) in [7, 11) is 5.38. The van der Waals surface area contributed by atoms with Gasteiger partial charge in [0, 0.05) is 57.4 Å². The maximum atomic E-state index is 14.2. The van der Waals surface area contributed by atoms with Crippen LogP contribution in [-0.2, 0) is 29.9 Å². The number of anilines is 1. The van der Waals surface area contributed by atoms with E-state index in [9.17, 15) is 43.5 Å². The van der Waals surface area contributed by atoms with E-state index in [1.165, 1.54) is 19.1 Å². The number of hydrogen-bond donors (Lipinski definition) is 7. The van der Waals surface area contributed by atoms with Gasteiger partial charge in [0.1, 0.15) is 23.9 Å². The van der Waals surface area contributed by atoms with Gasteiger partial charge in [-0.2, -0.15) is 13.2 Å². The van der Waals surface area contributed by atoms with E-state index in [4.69, 9.17) is 31.2 Å². The second-order valence-electron chi connectivity index (χ2n) is 21.0. The van der Waals surface area contributed by atoms with Crippen molar-refractivity contribution in [3.63, 3.8) is 0 Å². The Balaban J connectivity index is 1.80. The van der Waals surface area contributed by atoms with Crippen LogP contribution in [-0.4, -0.2) is 165 Å². The molecule has 3 saturated heterocycles. The fourth-order valence-electron chi connectivity index (χ4n) is 11.2. The molecule has 18 atom stereocenters. The average Bonchev–Trinajstić information content (AvgIpc) is 3.25. The highest BCUT2D eigenvalue weighted by atomic mass is 32.1. The molecule has 1 aromatic rings. The van der Waals surface area contributed by atoms with Crippen LogP contribution in [0, 0.1) is 29.6 Å². The van der Waals surface area contributed by atoms with Crippen LogP contribution in [0.3, 0.4) is 0 Å². The summed E-state index contributed by atoms with van der Waals surface area (Å²) in [5, 5.41) is 67.0. The molecule has 0 saturated carbocycles. The Morgan fingerprint density at radius 1 is 1.00 bits per heavy atom. The highest BCUT2D eigenvalue weighted by Crippen LogP contribution is 2.47. The highest BCUT2D eigenvalue weighted by Gasteiger charge is 2.53. The van der Waals surface area contributed by atoms with Gasteiger partial charge in [0.05, 0.1) is 53.2 Å². The number of nitrogens with zero attached hydrogens (tertiary/aromatic N) is 2. The standard InChI is InChI=1S/C49H83F3N4O10S/c1-14-40-47(10,61)42(58)32(7)56(19-18-53-45(67)54-35-17-15-16-34(21-35)49(50,51)52)26-27(2)23-48(62,25-39-41(57)38(55(11)12)20-28(3)64-39)37(30(5)29(4)31(6)44(60)66-40)22-36-24-46(9,63-13)43(59)33(8)65-36/h15-17,21,27-33,36-43,57-59,61-62H,14,18-20,22-26H2,1-13H3,(H2,53,54,67)/t27-,28+,29+,30+,31+,32+,33-,36+,37-,38-,39-,40-,41-,42+,43+,46+,47+,48-/m0/s1. The van der Waals surface area contributed by atoms with E-state index in [1.807, 2.05) is 58.5 Å². The van der Waals surface area contributed by atoms with Crippen LogP contribution in [0.1, 0.15) is 113 Å². The Bertz CT molecular complexity index is 1770. The second-order valence-corrected chi connectivity index (χ2v) is 21.4. The van der Waals surface area contributed by atoms with Gasteiger partial charge < -0.3 is 60.0 Å². The van der Waals surface area contributed by atoms with Gasteiger partial charge >= 0.3 is 12.1 Å². The zero-order valence-electron chi connectivity index (χ0n) is 42.0. The van der Waals surface area contributed by atoms with Crippen molar-refractivity contribution < 1.29 is 62.4 Å². The molecule has 3 heterocycles. The molecule has 3 aliphatic rings. The fourth-order valence-corrected chi connectivity index (χ4v) is 11.4. The first-order valence-corrected chi connectivity index (χ1v) is 24.6. The van der Waals surface area contributed by atoms with Crippen LogP contribution in [0.15, 0.2) is 24.3 Å². The third kappa shape index (κ3) is 14.0. The van der Waals surface area contributed by atoms with Gasteiger partial charge in [0.15, 0.2) is 5.11 Å². The molecule has 0 unspecified atom stereocenters. The van der Waals surface area contributed by atoms with E-state index in [1.54, 1.807) is 34.8 Å². The smallest absolute Gasteiger partial charge is 0.416 e. The predicted molar refractivity (Wildman–Crippen MR) is 255 cm³/mol. The monoisotopic (exact) mass is 977 g/mol. The lowest BCUT2D eigenvalue weighted by molar-refractivity contribution is -0.226. The van der Waals surface area contributed by atoms with Crippen LogP contribution in [0.4, 0.5) is 18.9 Å². The van der Waals surface area contributed by atoms with Crippen molar-refractivity contribution in [1.82, 2.24) is 15.1 Å². The first-order chi connectivity index (χ1) is 31.0. The molecule has 0 radical (unpaired) electrons. The number of carbonyl (C=O) groups excluding carboxylic acids is 1. The summed E-state index contributed by atoms with van der Waals surface area (Å²) in [4.78, 5) is 18.2. The molecular weight excluding hydrogens is 894 g/mol. The van der Waals surface area contributed by atoms with Gasteiger partial charge in [-0.25, -0.2) is 0 Å². The van der Waals surface area contributed by atoms with E-state index in [-0.39, 0.29) is 73.7 Å². The number of esters is 1. The van der Waals surface area contributed by atoms with Crippen molar-refractivity contribution in [2.45, 2.75) is 192 Å². The number of nitrogens with one attached hydrogen (secondary N) is 2. The molecule has 1 aromatic carbocycles. The van der Waals surface area contributed by atoms with Gasteiger partial charge in [-0.15, -0.1) is 0 Å². The third-order valence-corrected chi connectivity index (χ3v) is 15.9. The number of benzene rings is 1.